The summed E-state index contributed by atoms with van der Waals surface area (Å²) in [5.41, 5.74) is 7.91. The Kier molecular flexibility index (Phi) is 7.46. The van der Waals surface area contributed by atoms with E-state index in [0.29, 0.717) is 19.4 Å². The first-order valence-corrected chi connectivity index (χ1v) is 7.32. The fraction of sp³-hybridized carbons (Fsp3) is 0.500. The number of amides is 2. The van der Waals surface area contributed by atoms with Crippen molar-refractivity contribution in [3.63, 3.8) is 0 Å². The highest BCUT2D eigenvalue weighted by Crippen LogP contribution is 2.05. The Morgan fingerprint density at radius 1 is 1.14 bits per heavy atom. The van der Waals surface area contributed by atoms with Crippen molar-refractivity contribution in [2.24, 2.45) is 5.73 Å². The molecule has 1 unspecified atom stereocenters. The summed E-state index contributed by atoms with van der Waals surface area (Å²) < 4.78 is 0. The van der Waals surface area contributed by atoms with Crippen molar-refractivity contribution in [3.05, 3.63) is 35.4 Å². The predicted octanol–water partition coefficient (Wildman–Crippen LogP) is 0.897. The molecule has 0 aliphatic rings. The molecule has 0 saturated carbocycles. The standard InChI is InChI=1S/C16H25N3O2/c1-12-3-5-14(6-4-12)7-8-15(20)19-11-16(21)18-10-9-13(2)17/h3-6,13H,7-11,17H2,1-2H3,(H,18,21)(H,19,20). The molecule has 0 aliphatic carbocycles. The van der Waals surface area contributed by atoms with Gasteiger partial charge in [0.2, 0.25) is 11.8 Å². The molecule has 1 atom stereocenters. The molecule has 0 heterocycles. The van der Waals surface area contributed by atoms with Gasteiger partial charge < -0.3 is 16.4 Å². The van der Waals surface area contributed by atoms with Gasteiger partial charge in [-0.1, -0.05) is 29.8 Å². The van der Waals surface area contributed by atoms with Gasteiger partial charge in [-0.05, 0) is 32.3 Å². The number of carbonyl (C=O) groups excluding carboxylic acids is 2. The zero-order valence-corrected chi connectivity index (χ0v) is 12.8. The van der Waals surface area contributed by atoms with E-state index in [-0.39, 0.29) is 24.4 Å². The van der Waals surface area contributed by atoms with Crippen LogP contribution in [-0.4, -0.2) is 30.9 Å². The van der Waals surface area contributed by atoms with Crippen LogP contribution in [0.1, 0.15) is 30.9 Å². The van der Waals surface area contributed by atoms with Crippen molar-refractivity contribution in [1.29, 1.82) is 0 Å². The maximum absolute atomic E-state index is 11.7. The molecule has 116 valence electrons. The summed E-state index contributed by atoms with van der Waals surface area (Å²) in [6.45, 7) is 4.47. The number of carbonyl (C=O) groups is 2. The Morgan fingerprint density at radius 3 is 2.43 bits per heavy atom. The van der Waals surface area contributed by atoms with Gasteiger partial charge in [0.25, 0.3) is 0 Å². The lowest BCUT2D eigenvalue weighted by molar-refractivity contribution is -0.126. The van der Waals surface area contributed by atoms with Crippen LogP contribution in [0, 0.1) is 6.92 Å². The largest absolute Gasteiger partial charge is 0.355 e. The van der Waals surface area contributed by atoms with Gasteiger partial charge in [0.05, 0.1) is 6.54 Å². The fourth-order valence-corrected chi connectivity index (χ4v) is 1.78. The van der Waals surface area contributed by atoms with E-state index in [1.54, 1.807) is 0 Å². The minimum absolute atomic E-state index is 0.0195. The number of nitrogens with one attached hydrogen (secondary N) is 2. The maximum atomic E-state index is 11.7. The lowest BCUT2D eigenvalue weighted by atomic mass is 10.1. The second kappa shape index (κ2) is 9.13. The van der Waals surface area contributed by atoms with Crippen LogP contribution >= 0.6 is 0 Å². The number of aryl methyl sites for hydroxylation is 2. The quantitative estimate of drug-likeness (QED) is 0.665. The summed E-state index contributed by atoms with van der Waals surface area (Å²) in [7, 11) is 0. The third-order valence-corrected chi connectivity index (χ3v) is 3.13. The molecule has 0 aliphatic heterocycles. The van der Waals surface area contributed by atoms with Gasteiger partial charge in [-0.3, -0.25) is 9.59 Å². The van der Waals surface area contributed by atoms with Gasteiger partial charge in [-0.15, -0.1) is 0 Å². The SMILES string of the molecule is Cc1ccc(CCC(=O)NCC(=O)NCCC(C)N)cc1. The molecule has 0 spiro atoms. The summed E-state index contributed by atoms with van der Waals surface area (Å²) in [6.07, 6.45) is 1.79. The minimum atomic E-state index is -0.181. The van der Waals surface area contributed by atoms with Gasteiger partial charge in [0.1, 0.15) is 0 Å². The number of nitrogens with two attached hydrogens (primary N) is 1. The highest BCUT2D eigenvalue weighted by molar-refractivity contribution is 5.84. The van der Waals surface area contributed by atoms with Gasteiger partial charge in [0.15, 0.2) is 0 Å². The van der Waals surface area contributed by atoms with Crippen molar-refractivity contribution in [2.45, 2.75) is 39.2 Å². The summed E-state index contributed by atoms with van der Waals surface area (Å²) >= 11 is 0. The average molecular weight is 291 g/mol. The van der Waals surface area contributed by atoms with Crippen LogP contribution in [-0.2, 0) is 16.0 Å². The third-order valence-electron chi connectivity index (χ3n) is 3.13. The first-order chi connectivity index (χ1) is 9.97. The second-order valence-corrected chi connectivity index (χ2v) is 5.38. The molecule has 21 heavy (non-hydrogen) atoms. The smallest absolute Gasteiger partial charge is 0.239 e. The average Bonchev–Trinajstić information content (AvgIpc) is 2.44. The minimum Gasteiger partial charge on any atom is -0.355 e. The Hall–Kier alpha value is -1.88. The molecule has 4 N–H and O–H groups in total. The van der Waals surface area contributed by atoms with Crippen LogP contribution in [0.2, 0.25) is 0 Å². The number of hydrogen-bond donors (Lipinski definition) is 3. The number of hydrogen-bond acceptors (Lipinski definition) is 3. The summed E-state index contributed by atoms with van der Waals surface area (Å²) in [5, 5.41) is 5.34. The lowest BCUT2D eigenvalue weighted by Crippen LogP contribution is -2.38. The van der Waals surface area contributed by atoms with Gasteiger partial charge in [-0.25, -0.2) is 0 Å². The molecule has 5 heteroatoms. The summed E-state index contributed by atoms with van der Waals surface area (Å²) in [6, 6.07) is 8.15. The molecule has 0 saturated heterocycles. The maximum Gasteiger partial charge on any atom is 0.239 e. The van der Waals surface area contributed by atoms with Crippen LogP contribution in [0.15, 0.2) is 24.3 Å². The first kappa shape index (κ1) is 17.2. The molecule has 0 radical (unpaired) electrons. The van der Waals surface area contributed by atoms with Crippen molar-refractivity contribution in [2.75, 3.05) is 13.1 Å². The molecular weight excluding hydrogens is 266 g/mol. The molecule has 0 bridgehead atoms. The van der Waals surface area contributed by atoms with Crippen molar-refractivity contribution >= 4 is 11.8 Å². The Morgan fingerprint density at radius 2 is 1.81 bits per heavy atom. The number of rotatable bonds is 8. The zero-order valence-electron chi connectivity index (χ0n) is 12.8. The van der Waals surface area contributed by atoms with E-state index >= 15 is 0 Å². The summed E-state index contributed by atoms with van der Waals surface area (Å²) in [4.78, 5) is 23.1. The monoisotopic (exact) mass is 291 g/mol. The third kappa shape index (κ3) is 8.09. The summed E-state index contributed by atoms with van der Waals surface area (Å²) in [5.74, 6) is -0.294. The molecular formula is C16H25N3O2. The van der Waals surface area contributed by atoms with Gasteiger partial charge in [0, 0.05) is 19.0 Å². The lowest BCUT2D eigenvalue weighted by Gasteiger charge is -2.08. The van der Waals surface area contributed by atoms with Crippen LogP contribution in [0.5, 0.6) is 0 Å². The van der Waals surface area contributed by atoms with E-state index in [0.717, 1.165) is 12.0 Å². The van der Waals surface area contributed by atoms with Gasteiger partial charge >= 0.3 is 0 Å². The predicted molar refractivity (Wildman–Crippen MR) is 83.8 cm³/mol. The molecule has 1 rings (SSSR count). The van der Waals surface area contributed by atoms with Gasteiger partial charge in [-0.2, -0.15) is 0 Å². The van der Waals surface area contributed by atoms with E-state index < -0.39 is 0 Å². The van der Waals surface area contributed by atoms with Crippen molar-refractivity contribution < 1.29 is 9.59 Å². The van der Waals surface area contributed by atoms with Crippen LogP contribution in [0.4, 0.5) is 0 Å². The fourth-order valence-electron chi connectivity index (χ4n) is 1.78. The Labute approximate surface area is 126 Å². The molecule has 5 nitrogen and oxygen atoms in total. The second-order valence-electron chi connectivity index (χ2n) is 5.38. The normalized spacial score (nSPS) is 11.8. The molecule has 1 aromatic carbocycles. The highest BCUT2D eigenvalue weighted by atomic mass is 16.2. The Balaban J connectivity index is 2.16. The first-order valence-electron chi connectivity index (χ1n) is 7.32. The van der Waals surface area contributed by atoms with E-state index in [2.05, 4.69) is 10.6 Å². The van der Waals surface area contributed by atoms with E-state index in [9.17, 15) is 9.59 Å². The van der Waals surface area contributed by atoms with Crippen molar-refractivity contribution in [3.8, 4) is 0 Å². The van der Waals surface area contributed by atoms with Crippen LogP contribution in [0.25, 0.3) is 0 Å². The molecule has 0 fully saturated rings. The van der Waals surface area contributed by atoms with E-state index in [1.807, 2.05) is 38.1 Å². The van der Waals surface area contributed by atoms with Crippen LogP contribution < -0.4 is 16.4 Å². The van der Waals surface area contributed by atoms with E-state index in [4.69, 9.17) is 5.73 Å². The number of benzene rings is 1. The topological polar surface area (TPSA) is 84.2 Å². The zero-order chi connectivity index (χ0) is 15.7. The Bertz CT molecular complexity index is 455. The van der Waals surface area contributed by atoms with Crippen LogP contribution in [0.3, 0.4) is 0 Å². The highest BCUT2D eigenvalue weighted by Gasteiger charge is 2.06. The molecule has 2 amide bonds. The van der Waals surface area contributed by atoms with Crippen molar-refractivity contribution in [1.82, 2.24) is 10.6 Å². The van der Waals surface area contributed by atoms with E-state index in [1.165, 1.54) is 5.56 Å². The molecule has 1 aromatic rings. The molecule has 0 aromatic heterocycles.